The Morgan fingerprint density at radius 1 is 1.21 bits per heavy atom. The highest BCUT2D eigenvalue weighted by Gasteiger charge is 2.51. The molecule has 0 unspecified atom stereocenters. The fraction of sp³-hybridized carbons (Fsp3) is 0.632. The molecule has 28 heavy (non-hydrogen) atoms. The smallest absolute Gasteiger partial charge is 0.444 e. The number of likely N-dealkylation sites (N-methyl/N-ethyl adjacent to an activating group) is 1. The predicted molar refractivity (Wildman–Crippen MR) is 107 cm³/mol. The number of anilines is 1. The van der Waals surface area contributed by atoms with Gasteiger partial charge in [0.1, 0.15) is 18.0 Å². The molecular formula is C19H30BN3O5. The largest absolute Gasteiger partial charge is 0.495 e. The van der Waals surface area contributed by atoms with Crippen LogP contribution >= 0.6 is 0 Å². The zero-order chi connectivity index (χ0) is 21.3. The molecule has 1 aromatic rings. The Morgan fingerprint density at radius 3 is 2.32 bits per heavy atom. The lowest BCUT2D eigenvalue weighted by atomic mass is 9.80. The number of rotatable bonds is 4. The number of amides is 2. The van der Waals surface area contributed by atoms with Crippen molar-refractivity contribution in [1.29, 1.82) is 0 Å². The molecule has 1 fully saturated rings. The monoisotopic (exact) mass is 391 g/mol. The van der Waals surface area contributed by atoms with Crippen molar-refractivity contribution in [3.05, 3.63) is 18.3 Å². The lowest BCUT2D eigenvalue weighted by molar-refractivity contribution is -0.117. The molecule has 2 amide bonds. The highest BCUT2D eigenvalue weighted by Crippen LogP contribution is 2.36. The number of nitrogens with one attached hydrogen (secondary N) is 1. The fourth-order valence-corrected chi connectivity index (χ4v) is 2.44. The molecule has 1 aliphatic rings. The first kappa shape index (κ1) is 22.2. The van der Waals surface area contributed by atoms with Gasteiger partial charge in [-0.2, -0.15) is 0 Å². The van der Waals surface area contributed by atoms with Gasteiger partial charge in [0.15, 0.2) is 0 Å². The quantitative estimate of drug-likeness (QED) is 0.792. The van der Waals surface area contributed by atoms with E-state index in [0.29, 0.717) is 5.82 Å². The Labute approximate surface area is 167 Å². The van der Waals surface area contributed by atoms with Crippen molar-refractivity contribution >= 4 is 30.4 Å². The van der Waals surface area contributed by atoms with Gasteiger partial charge in [0.25, 0.3) is 0 Å². The maximum atomic E-state index is 12.3. The van der Waals surface area contributed by atoms with Gasteiger partial charge in [-0.15, -0.1) is 0 Å². The van der Waals surface area contributed by atoms with Gasteiger partial charge < -0.3 is 24.3 Å². The summed E-state index contributed by atoms with van der Waals surface area (Å²) in [5, 5.41) is 2.69. The Balaban J connectivity index is 1.99. The number of carbonyl (C=O) groups is 2. The number of ether oxygens (including phenoxy) is 1. The summed E-state index contributed by atoms with van der Waals surface area (Å²) in [7, 11) is 0.954. The van der Waals surface area contributed by atoms with Crippen molar-refractivity contribution in [2.75, 3.05) is 18.9 Å². The third-order valence-electron chi connectivity index (χ3n) is 4.66. The van der Waals surface area contributed by atoms with E-state index in [1.807, 2.05) is 27.7 Å². The summed E-state index contributed by atoms with van der Waals surface area (Å²) in [6.45, 7) is 13.1. The van der Waals surface area contributed by atoms with Crippen LogP contribution in [0.2, 0.25) is 0 Å². The molecule has 0 spiro atoms. The van der Waals surface area contributed by atoms with Gasteiger partial charge in [-0.05, 0) is 66.1 Å². The highest BCUT2D eigenvalue weighted by molar-refractivity contribution is 6.62. The third kappa shape index (κ3) is 5.45. The minimum Gasteiger partial charge on any atom is -0.444 e. The van der Waals surface area contributed by atoms with Gasteiger partial charge in [-0.1, -0.05) is 0 Å². The van der Waals surface area contributed by atoms with E-state index in [2.05, 4.69) is 10.3 Å². The van der Waals surface area contributed by atoms with Crippen LogP contribution in [0.1, 0.15) is 48.5 Å². The Hall–Kier alpha value is -2.13. The summed E-state index contributed by atoms with van der Waals surface area (Å²) in [6.07, 6.45) is 1.01. The van der Waals surface area contributed by atoms with Crippen molar-refractivity contribution in [3.63, 3.8) is 0 Å². The Morgan fingerprint density at radius 2 is 1.79 bits per heavy atom. The summed E-state index contributed by atoms with van der Waals surface area (Å²) in [5.74, 6) is -0.0262. The van der Waals surface area contributed by atoms with Crippen LogP contribution in [-0.4, -0.2) is 59.4 Å². The molecular weight excluding hydrogens is 361 g/mol. The van der Waals surface area contributed by atoms with Crippen LogP contribution in [0.25, 0.3) is 0 Å². The predicted octanol–water partition coefficient (Wildman–Crippen LogP) is 2.19. The van der Waals surface area contributed by atoms with Gasteiger partial charge in [0, 0.05) is 13.2 Å². The lowest BCUT2D eigenvalue weighted by Gasteiger charge is -2.32. The van der Waals surface area contributed by atoms with Crippen molar-refractivity contribution < 1.29 is 23.6 Å². The standard InChI is InChI=1S/C19H30BN3O5/c1-17(2,3)26-16(25)23(8)12-15(24)22-14-11-13(9-10-21-14)20-27-18(4,5)19(6,7)28-20/h9-11H,12H2,1-8H3,(H,21,22,24). The van der Waals surface area contributed by atoms with E-state index in [1.54, 1.807) is 39.1 Å². The van der Waals surface area contributed by atoms with E-state index < -0.39 is 30.0 Å². The van der Waals surface area contributed by atoms with Crippen LogP contribution in [0, 0.1) is 0 Å². The summed E-state index contributed by atoms with van der Waals surface area (Å²) < 4.78 is 17.3. The normalized spacial score (nSPS) is 17.9. The van der Waals surface area contributed by atoms with E-state index in [0.717, 1.165) is 5.46 Å². The second-order valence-corrected chi connectivity index (χ2v) is 8.95. The topological polar surface area (TPSA) is 90.0 Å². The van der Waals surface area contributed by atoms with Crippen LogP contribution in [-0.2, 0) is 18.8 Å². The van der Waals surface area contributed by atoms with Crippen molar-refractivity contribution in [3.8, 4) is 0 Å². The molecule has 2 rings (SSSR count). The second-order valence-electron chi connectivity index (χ2n) is 8.95. The van der Waals surface area contributed by atoms with Crippen LogP contribution in [0.5, 0.6) is 0 Å². The summed E-state index contributed by atoms with van der Waals surface area (Å²) in [4.78, 5) is 29.6. The maximum Gasteiger partial charge on any atom is 0.495 e. The molecule has 0 saturated carbocycles. The molecule has 8 nitrogen and oxygen atoms in total. The molecule has 0 aliphatic carbocycles. The van der Waals surface area contributed by atoms with Crippen LogP contribution < -0.4 is 10.8 Å². The van der Waals surface area contributed by atoms with E-state index in [-0.39, 0.29) is 12.5 Å². The molecule has 1 aromatic heterocycles. The van der Waals surface area contributed by atoms with Gasteiger partial charge in [0.05, 0.1) is 11.2 Å². The van der Waals surface area contributed by atoms with Gasteiger partial charge in [-0.3, -0.25) is 4.79 Å². The van der Waals surface area contributed by atoms with Crippen molar-refractivity contribution in [2.24, 2.45) is 0 Å². The van der Waals surface area contributed by atoms with E-state index in [9.17, 15) is 9.59 Å². The summed E-state index contributed by atoms with van der Waals surface area (Å²) in [5.41, 5.74) is -0.786. The summed E-state index contributed by atoms with van der Waals surface area (Å²) >= 11 is 0. The molecule has 0 bridgehead atoms. The minimum atomic E-state index is -0.624. The average Bonchev–Trinajstić information content (AvgIpc) is 2.74. The number of hydrogen-bond acceptors (Lipinski definition) is 6. The number of pyridine rings is 1. The summed E-state index contributed by atoms with van der Waals surface area (Å²) in [6, 6.07) is 3.48. The average molecular weight is 391 g/mol. The second kappa shape index (κ2) is 7.71. The van der Waals surface area contributed by atoms with E-state index in [4.69, 9.17) is 14.0 Å². The van der Waals surface area contributed by atoms with Crippen LogP contribution in [0.15, 0.2) is 18.3 Å². The third-order valence-corrected chi connectivity index (χ3v) is 4.66. The molecule has 0 atom stereocenters. The number of nitrogens with zero attached hydrogens (tertiary/aromatic N) is 2. The number of aromatic nitrogens is 1. The molecule has 0 radical (unpaired) electrons. The Kier molecular flexibility index (Phi) is 6.11. The molecule has 154 valence electrons. The SMILES string of the molecule is CN(CC(=O)Nc1cc(B2OC(C)(C)C(C)(C)O2)ccn1)C(=O)OC(C)(C)C. The van der Waals surface area contributed by atoms with Gasteiger partial charge >= 0.3 is 13.2 Å². The fourth-order valence-electron chi connectivity index (χ4n) is 2.44. The lowest BCUT2D eigenvalue weighted by Crippen LogP contribution is -2.41. The van der Waals surface area contributed by atoms with Crippen LogP contribution in [0.3, 0.4) is 0 Å². The molecule has 2 heterocycles. The Bertz CT molecular complexity index is 729. The van der Waals surface area contributed by atoms with Gasteiger partial charge in [-0.25, -0.2) is 9.78 Å². The molecule has 1 aliphatic heterocycles. The molecule has 0 aromatic carbocycles. The molecule has 1 N–H and O–H groups in total. The first-order valence-electron chi connectivity index (χ1n) is 9.26. The zero-order valence-corrected chi connectivity index (χ0v) is 18.0. The number of hydrogen-bond donors (Lipinski definition) is 1. The zero-order valence-electron chi connectivity index (χ0n) is 18.0. The first-order chi connectivity index (χ1) is 12.7. The molecule has 9 heteroatoms. The maximum absolute atomic E-state index is 12.3. The first-order valence-corrected chi connectivity index (χ1v) is 9.26. The van der Waals surface area contributed by atoms with Crippen LogP contribution in [0.4, 0.5) is 10.6 Å². The van der Waals surface area contributed by atoms with E-state index in [1.165, 1.54) is 11.9 Å². The van der Waals surface area contributed by atoms with E-state index >= 15 is 0 Å². The van der Waals surface area contributed by atoms with Gasteiger partial charge in [0.2, 0.25) is 5.91 Å². The minimum absolute atomic E-state index is 0.155. The van der Waals surface area contributed by atoms with Crippen molar-refractivity contribution in [2.45, 2.75) is 65.3 Å². The number of carbonyl (C=O) groups excluding carboxylic acids is 2. The van der Waals surface area contributed by atoms with Crippen molar-refractivity contribution in [1.82, 2.24) is 9.88 Å². The highest BCUT2D eigenvalue weighted by atomic mass is 16.7. The molecule has 1 saturated heterocycles.